The Kier molecular flexibility index (Phi) is 5.69. The van der Waals surface area contributed by atoms with Crippen LogP contribution < -0.4 is 4.90 Å². The summed E-state index contributed by atoms with van der Waals surface area (Å²) in [5, 5.41) is 12.0. The lowest BCUT2D eigenvalue weighted by Crippen LogP contribution is -2.19. The fourth-order valence-corrected chi connectivity index (χ4v) is 3.63. The summed E-state index contributed by atoms with van der Waals surface area (Å²) in [7, 11) is 0. The summed E-state index contributed by atoms with van der Waals surface area (Å²) in [6.45, 7) is 13.0. The molecule has 3 heteroatoms. The zero-order valence-electron chi connectivity index (χ0n) is 18.1. The van der Waals surface area contributed by atoms with E-state index in [9.17, 15) is 5.11 Å². The average molecular weight is 408 g/mol. The molecule has 29 heavy (non-hydrogen) atoms. The van der Waals surface area contributed by atoms with Gasteiger partial charge in [-0.15, -0.1) is 0 Å². The van der Waals surface area contributed by atoms with Crippen LogP contribution in [-0.4, -0.2) is 5.11 Å². The van der Waals surface area contributed by atoms with Crippen molar-refractivity contribution in [3.63, 3.8) is 0 Å². The smallest absolute Gasteiger partial charge is 0.143 e. The van der Waals surface area contributed by atoms with Crippen LogP contribution in [0, 0.1) is 0 Å². The monoisotopic (exact) mass is 407 g/mol. The Labute approximate surface area is 179 Å². The van der Waals surface area contributed by atoms with E-state index in [1.165, 1.54) is 5.56 Å². The van der Waals surface area contributed by atoms with Gasteiger partial charge in [-0.1, -0.05) is 89.5 Å². The Morgan fingerprint density at radius 1 is 0.724 bits per heavy atom. The minimum atomic E-state index is -0.205. The maximum Gasteiger partial charge on any atom is 0.143 e. The van der Waals surface area contributed by atoms with Crippen molar-refractivity contribution in [3.05, 3.63) is 82.9 Å². The lowest BCUT2D eigenvalue weighted by atomic mass is 9.79. The van der Waals surface area contributed by atoms with E-state index in [-0.39, 0.29) is 16.6 Å². The molecule has 0 bridgehead atoms. The highest BCUT2D eigenvalue weighted by Gasteiger charge is 2.28. The second-order valence-corrected chi connectivity index (χ2v) is 9.92. The van der Waals surface area contributed by atoms with Gasteiger partial charge < -0.3 is 10.0 Å². The van der Waals surface area contributed by atoms with E-state index >= 15 is 0 Å². The van der Waals surface area contributed by atoms with E-state index in [1.54, 1.807) is 0 Å². The van der Waals surface area contributed by atoms with Crippen molar-refractivity contribution in [2.75, 3.05) is 4.90 Å². The van der Waals surface area contributed by atoms with E-state index in [0.717, 1.165) is 22.6 Å². The van der Waals surface area contributed by atoms with Gasteiger partial charge in [0.05, 0.1) is 16.4 Å². The van der Waals surface area contributed by atoms with Crippen LogP contribution in [0.1, 0.15) is 52.7 Å². The van der Waals surface area contributed by atoms with Gasteiger partial charge in [-0.05, 0) is 46.7 Å². The Morgan fingerprint density at radius 3 is 1.86 bits per heavy atom. The SMILES string of the molecule is CC(C)(C)c1cc(N(c2ccccc2)c2ccccc2Cl)c(O)c(C(C)(C)C)c1. The van der Waals surface area contributed by atoms with Crippen LogP contribution in [0.5, 0.6) is 5.75 Å². The lowest BCUT2D eigenvalue weighted by molar-refractivity contribution is 0.446. The zero-order chi connectivity index (χ0) is 21.4. The molecule has 3 aromatic rings. The van der Waals surface area contributed by atoms with Gasteiger partial charge in [0.25, 0.3) is 0 Å². The second-order valence-electron chi connectivity index (χ2n) is 9.51. The molecule has 152 valence electrons. The first kappa shape index (κ1) is 21.3. The van der Waals surface area contributed by atoms with Gasteiger partial charge in [0, 0.05) is 11.3 Å². The van der Waals surface area contributed by atoms with Crippen LogP contribution in [0.25, 0.3) is 0 Å². The van der Waals surface area contributed by atoms with Gasteiger partial charge in [-0.3, -0.25) is 0 Å². The summed E-state index contributed by atoms with van der Waals surface area (Å²) in [6, 6.07) is 22.0. The molecule has 0 spiro atoms. The Bertz CT molecular complexity index is 997. The van der Waals surface area contributed by atoms with E-state index in [4.69, 9.17) is 11.6 Å². The predicted molar refractivity (Wildman–Crippen MR) is 125 cm³/mol. The maximum atomic E-state index is 11.4. The van der Waals surface area contributed by atoms with Crippen molar-refractivity contribution >= 4 is 28.7 Å². The third kappa shape index (κ3) is 4.43. The van der Waals surface area contributed by atoms with E-state index < -0.39 is 0 Å². The van der Waals surface area contributed by atoms with E-state index in [1.807, 2.05) is 59.5 Å². The van der Waals surface area contributed by atoms with Crippen LogP contribution in [0.2, 0.25) is 5.02 Å². The van der Waals surface area contributed by atoms with Gasteiger partial charge in [-0.25, -0.2) is 0 Å². The van der Waals surface area contributed by atoms with Crippen LogP contribution in [0.4, 0.5) is 17.1 Å². The predicted octanol–water partition coefficient (Wildman–Crippen LogP) is 8.11. The molecule has 3 aromatic carbocycles. The molecule has 1 N–H and O–H groups in total. The molecule has 0 aliphatic carbocycles. The molecule has 2 nitrogen and oxygen atoms in total. The standard InChI is InChI=1S/C26H30ClNO/c1-25(2,3)18-16-20(26(4,5)6)24(29)23(17-18)28(19-12-8-7-9-13-19)22-15-11-10-14-21(22)27/h7-17,29H,1-6H3. The summed E-state index contributed by atoms with van der Waals surface area (Å²) in [4.78, 5) is 2.04. The number of aromatic hydroxyl groups is 1. The van der Waals surface area contributed by atoms with Gasteiger partial charge in [0.2, 0.25) is 0 Å². The molecule has 0 fully saturated rings. The first-order valence-corrected chi connectivity index (χ1v) is 10.4. The molecule has 3 rings (SSSR count). The molecule has 0 radical (unpaired) electrons. The third-order valence-electron chi connectivity index (χ3n) is 5.11. The molecular weight excluding hydrogens is 378 g/mol. The number of rotatable bonds is 3. The fourth-order valence-electron chi connectivity index (χ4n) is 3.41. The Hall–Kier alpha value is -2.45. The Morgan fingerprint density at radius 2 is 1.31 bits per heavy atom. The fraction of sp³-hybridized carbons (Fsp3) is 0.308. The summed E-state index contributed by atoms with van der Waals surface area (Å²) >= 11 is 6.61. The van der Waals surface area contributed by atoms with Crippen LogP contribution >= 0.6 is 11.6 Å². The van der Waals surface area contributed by atoms with Crippen molar-refractivity contribution < 1.29 is 5.11 Å². The highest BCUT2D eigenvalue weighted by Crippen LogP contribution is 2.47. The molecule has 0 amide bonds. The highest BCUT2D eigenvalue weighted by molar-refractivity contribution is 6.33. The van der Waals surface area contributed by atoms with Crippen molar-refractivity contribution in [1.29, 1.82) is 0 Å². The number of halogens is 1. The molecule has 0 atom stereocenters. The average Bonchev–Trinajstić information content (AvgIpc) is 2.64. The molecule has 0 saturated heterocycles. The lowest BCUT2D eigenvalue weighted by Gasteiger charge is -2.32. The van der Waals surface area contributed by atoms with Crippen molar-refractivity contribution in [3.8, 4) is 5.75 Å². The van der Waals surface area contributed by atoms with Crippen molar-refractivity contribution in [2.24, 2.45) is 0 Å². The quantitative estimate of drug-likeness (QED) is 0.473. The highest BCUT2D eigenvalue weighted by atomic mass is 35.5. The number of benzene rings is 3. The Balaban J connectivity index is 2.38. The molecule has 0 aromatic heterocycles. The summed E-state index contributed by atoms with van der Waals surface area (Å²) < 4.78 is 0. The van der Waals surface area contributed by atoms with Gasteiger partial charge in [0.15, 0.2) is 0 Å². The first-order valence-electron chi connectivity index (χ1n) is 9.98. The summed E-state index contributed by atoms with van der Waals surface area (Å²) in [5.41, 5.74) is 4.34. The normalized spacial score (nSPS) is 12.1. The molecule has 0 unspecified atom stereocenters. The molecule has 0 aliphatic heterocycles. The molecule has 0 saturated carbocycles. The number of hydrogen-bond acceptors (Lipinski definition) is 2. The molecule has 0 aliphatic rings. The largest absolute Gasteiger partial charge is 0.505 e. The number of phenols is 1. The summed E-state index contributed by atoms with van der Waals surface area (Å²) in [5.74, 6) is 0.286. The van der Waals surface area contributed by atoms with E-state index in [0.29, 0.717) is 5.02 Å². The summed E-state index contributed by atoms with van der Waals surface area (Å²) in [6.07, 6.45) is 0. The number of phenolic OH excluding ortho intramolecular Hbond substituents is 1. The number of hydrogen-bond donors (Lipinski definition) is 1. The zero-order valence-corrected chi connectivity index (χ0v) is 18.9. The van der Waals surface area contributed by atoms with Gasteiger partial charge >= 0.3 is 0 Å². The number of anilines is 3. The first-order chi connectivity index (χ1) is 13.5. The number of nitrogens with zero attached hydrogens (tertiary/aromatic N) is 1. The minimum absolute atomic E-state index is 0.0642. The van der Waals surface area contributed by atoms with Gasteiger partial charge in [0.1, 0.15) is 5.75 Å². The molecular formula is C26H30ClNO. The maximum absolute atomic E-state index is 11.4. The molecule has 0 heterocycles. The van der Waals surface area contributed by atoms with Crippen LogP contribution in [0.3, 0.4) is 0 Å². The van der Waals surface area contributed by atoms with Gasteiger partial charge in [-0.2, -0.15) is 0 Å². The van der Waals surface area contributed by atoms with Crippen molar-refractivity contribution in [1.82, 2.24) is 0 Å². The minimum Gasteiger partial charge on any atom is -0.505 e. The van der Waals surface area contributed by atoms with E-state index in [2.05, 4.69) is 53.7 Å². The third-order valence-corrected chi connectivity index (χ3v) is 5.43. The number of para-hydroxylation sites is 2. The second kappa shape index (κ2) is 7.76. The van der Waals surface area contributed by atoms with Crippen molar-refractivity contribution in [2.45, 2.75) is 52.4 Å². The topological polar surface area (TPSA) is 23.5 Å². The van der Waals surface area contributed by atoms with Crippen LogP contribution in [0.15, 0.2) is 66.7 Å². The van der Waals surface area contributed by atoms with Crippen LogP contribution in [-0.2, 0) is 10.8 Å².